The highest BCUT2D eigenvalue weighted by molar-refractivity contribution is 6.00. The average molecular weight is 341 g/mol. The molecular weight excluding hydrogens is 322 g/mol. The molecule has 0 spiro atoms. The first kappa shape index (κ1) is 18.2. The minimum Gasteiger partial charge on any atom is -0.480 e. The van der Waals surface area contributed by atoms with E-state index in [2.05, 4.69) is 5.32 Å². The Morgan fingerprint density at radius 3 is 2.56 bits per heavy atom. The number of nitrogens with one attached hydrogen (secondary N) is 1. The first-order valence-corrected chi connectivity index (χ1v) is 7.87. The Hall–Kier alpha value is -3.15. The Labute approximate surface area is 145 Å². The van der Waals surface area contributed by atoms with E-state index in [0.717, 1.165) is 16.8 Å². The fourth-order valence-electron chi connectivity index (χ4n) is 2.28. The number of amides is 1. The number of carbonyl (C=O) groups excluding carboxylic acids is 2. The maximum Gasteiger partial charge on any atom is 0.330 e. The second-order valence-corrected chi connectivity index (χ2v) is 5.32. The Morgan fingerprint density at radius 1 is 1.16 bits per heavy atom. The Balaban J connectivity index is 2.05. The summed E-state index contributed by atoms with van der Waals surface area (Å²) in [6, 6.07) is 11.6. The Bertz CT molecular complexity index is 812. The summed E-state index contributed by atoms with van der Waals surface area (Å²) in [5.41, 5.74) is 0.374. The van der Waals surface area contributed by atoms with Crippen molar-refractivity contribution in [2.24, 2.45) is 0 Å². The molecule has 1 atom stereocenters. The van der Waals surface area contributed by atoms with Crippen LogP contribution >= 0.6 is 0 Å². The number of carboxylic acid groups (broad SMARTS) is 1. The second-order valence-electron chi connectivity index (χ2n) is 5.32. The molecule has 130 valence electrons. The van der Waals surface area contributed by atoms with Crippen LogP contribution in [0.4, 0.5) is 0 Å². The van der Waals surface area contributed by atoms with Crippen LogP contribution in [0.5, 0.6) is 0 Å². The lowest BCUT2D eigenvalue weighted by atomic mass is 10.1. The zero-order valence-electron chi connectivity index (χ0n) is 13.8. The van der Waals surface area contributed by atoms with Crippen LogP contribution in [0.25, 0.3) is 10.8 Å². The molecule has 0 aliphatic heterocycles. The van der Waals surface area contributed by atoms with Crippen molar-refractivity contribution in [2.45, 2.75) is 19.4 Å². The van der Waals surface area contributed by atoms with Gasteiger partial charge >= 0.3 is 11.9 Å². The molecule has 0 aliphatic rings. The number of carbonyl (C=O) groups is 3. The summed E-state index contributed by atoms with van der Waals surface area (Å²) >= 11 is 0. The molecule has 0 saturated carbocycles. The van der Waals surface area contributed by atoms with Crippen molar-refractivity contribution in [1.82, 2.24) is 5.32 Å². The quantitative estimate of drug-likeness (QED) is 0.596. The topological polar surface area (TPSA) is 92.7 Å². The van der Waals surface area contributed by atoms with E-state index in [4.69, 9.17) is 4.74 Å². The third kappa shape index (κ3) is 5.17. The summed E-state index contributed by atoms with van der Waals surface area (Å²) in [6.07, 6.45) is 2.51. The van der Waals surface area contributed by atoms with Gasteiger partial charge in [0.25, 0.3) is 5.91 Å². The highest BCUT2D eigenvalue weighted by atomic mass is 16.5. The molecule has 0 fully saturated rings. The zero-order valence-corrected chi connectivity index (χ0v) is 13.8. The fourth-order valence-corrected chi connectivity index (χ4v) is 2.28. The number of rotatable bonds is 7. The van der Waals surface area contributed by atoms with Crippen LogP contribution in [0, 0.1) is 0 Å². The molecule has 0 bridgehead atoms. The van der Waals surface area contributed by atoms with Gasteiger partial charge in [0.05, 0.1) is 6.61 Å². The van der Waals surface area contributed by atoms with Gasteiger partial charge in [0.1, 0.15) is 6.04 Å². The highest BCUT2D eigenvalue weighted by Crippen LogP contribution is 2.15. The third-order valence-electron chi connectivity index (χ3n) is 3.53. The van der Waals surface area contributed by atoms with E-state index in [1.54, 1.807) is 25.1 Å². The average Bonchev–Trinajstić information content (AvgIpc) is 2.60. The van der Waals surface area contributed by atoms with Crippen molar-refractivity contribution in [1.29, 1.82) is 0 Å². The summed E-state index contributed by atoms with van der Waals surface area (Å²) < 4.78 is 4.71. The van der Waals surface area contributed by atoms with E-state index in [1.807, 2.05) is 24.3 Å². The van der Waals surface area contributed by atoms with E-state index >= 15 is 0 Å². The summed E-state index contributed by atoms with van der Waals surface area (Å²) in [5, 5.41) is 13.6. The van der Waals surface area contributed by atoms with Gasteiger partial charge in [0.2, 0.25) is 0 Å². The predicted molar refractivity (Wildman–Crippen MR) is 93.2 cm³/mol. The minimum absolute atomic E-state index is 0.0204. The van der Waals surface area contributed by atoms with Gasteiger partial charge in [-0.3, -0.25) is 4.79 Å². The molecule has 0 aromatic heterocycles. The molecule has 0 saturated heterocycles. The standard InChI is InChI=1S/C19H19NO5/c1-2-25-17(21)9-5-8-16(19(23)24)20-18(22)15-11-10-13-6-3-4-7-14(13)12-15/h3-7,9-12,16H,2,8H2,1H3,(H,20,22)(H,23,24)/b9-5+/t16-/m1/s1. The van der Waals surface area contributed by atoms with Crippen LogP contribution in [0.2, 0.25) is 0 Å². The number of ether oxygens (including phenoxy) is 1. The van der Waals surface area contributed by atoms with Gasteiger partial charge in [-0.15, -0.1) is 0 Å². The molecule has 6 nitrogen and oxygen atoms in total. The molecule has 2 aromatic rings. The first-order chi connectivity index (χ1) is 12.0. The maximum absolute atomic E-state index is 12.3. The molecule has 6 heteroatoms. The summed E-state index contributed by atoms with van der Waals surface area (Å²) in [7, 11) is 0. The summed E-state index contributed by atoms with van der Waals surface area (Å²) in [6.45, 7) is 1.92. The van der Waals surface area contributed by atoms with Crippen LogP contribution in [-0.4, -0.2) is 35.6 Å². The Kier molecular flexibility index (Phi) is 6.28. The van der Waals surface area contributed by atoms with E-state index < -0.39 is 23.9 Å². The molecular formula is C19H19NO5. The van der Waals surface area contributed by atoms with Gasteiger partial charge in [-0.25, -0.2) is 9.59 Å². The molecule has 1 amide bonds. The molecule has 2 N–H and O–H groups in total. The van der Waals surface area contributed by atoms with Gasteiger partial charge in [-0.1, -0.05) is 36.4 Å². The lowest BCUT2D eigenvalue weighted by molar-refractivity contribution is -0.139. The van der Waals surface area contributed by atoms with Gasteiger partial charge in [-0.2, -0.15) is 0 Å². The van der Waals surface area contributed by atoms with E-state index in [1.165, 1.54) is 6.08 Å². The summed E-state index contributed by atoms with van der Waals surface area (Å²) in [4.78, 5) is 34.8. The second kappa shape index (κ2) is 8.63. The SMILES string of the molecule is CCOC(=O)/C=C/C[C@@H](NC(=O)c1ccc2ccccc2c1)C(=O)O. The largest absolute Gasteiger partial charge is 0.480 e. The fraction of sp³-hybridized carbons (Fsp3) is 0.211. The normalized spacial score (nSPS) is 12.0. The van der Waals surface area contributed by atoms with Gasteiger partial charge in [0, 0.05) is 11.6 Å². The van der Waals surface area contributed by atoms with E-state index in [0.29, 0.717) is 5.56 Å². The lowest BCUT2D eigenvalue weighted by Crippen LogP contribution is -2.40. The van der Waals surface area contributed by atoms with Crippen molar-refractivity contribution in [3.63, 3.8) is 0 Å². The molecule has 0 aliphatic carbocycles. The lowest BCUT2D eigenvalue weighted by Gasteiger charge is -2.13. The number of carboxylic acids is 1. The number of aliphatic carboxylic acids is 1. The van der Waals surface area contributed by atoms with Crippen molar-refractivity contribution in [3.8, 4) is 0 Å². The zero-order chi connectivity index (χ0) is 18.2. The number of hydrogen-bond acceptors (Lipinski definition) is 4. The molecule has 0 unspecified atom stereocenters. The first-order valence-electron chi connectivity index (χ1n) is 7.87. The van der Waals surface area contributed by atoms with Gasteiger partial charge < -0.3 is 15.2 Å². The van der Waals surface area contributed by atoms with Crippen LogP contribution in [0.3, 0.4) is 0 Å². The van der Waals surface area contributed by atoms with Crippen molar-refractivity contribution in [2.75, 3.05) is 6.61 Å². The number of fused-ring (bicyclic) bond motifs is 1. The molecule has 0 heterocycles. The predicted octanol–water partition coefficient (Wildman–Crippen LogP) is 2.53. The van der Waals surface area contributed by atoms with Gasteiger partial charge in [0.15, 0.2) is 0 Å². The van der Waals surface area contributed by atoms with Crippen molar-refractivity contribution < 1.29 is 24.2 Å². The van der Waals surface area contributed by atoms with Crippen LogP contribution in [0.1, 0.15) is 23.7 Å². The van der Waals surface area contributed by atoms with Crippen molar-refractivity contribution >= 4 is 28.6 Å². The Morgan fingerprint density at radius 2 is 1.88 bits per heavy atom. The smallest absolute Gasteiger partial charge is 0.330 e. The highest BCUT2D eigenvalue weighted by Gasteiger charge is 2.19. The molecule has 0 radical (unpaired) electrons. The number of hydrogen-bond donors (Lipinski definition) is 2. The molecule has 2 aromatic carbocycles. The monoisotopic (exact) mass is 341 g/mol. The molecule has 25 heavy (non-hydrogen) atoms. The van der Waals surface area contributed by atoms with E-state index in [9.17, 15) is 19.5 Å². The number of esters is 1. The van der Waals surface area contributed by atoms with Crippen LogP contribution in [0.15, 0.2) is 54.6 Å². The van der Waals surface area contributed by atoms with Crippen LogP contribution in [-0.2, 0) is 14.3 Å². The van der Waals surface area contributed by atoms with E-state index in [-0.39, 0.29) is 13.0 Å². The van der Waals surface area contributed by atoms with Gasteiger partial charge in [-0.05, 0) is 36.2 Å². The number of benzene rings is 2. The third-order valence-corrected chi connectivity index (χ3v) is 3.53. The molecule has 2 rings (SSSR count). The van der Waals surface area contributed by atoms with Crippen LogP contribution < -0.4 is 5.32 Å². The summed E-state index contributed by atoms with van der Waals surface area (Å²) in [5.74, 6) is -2.21. The maximum atomic E-state index is 12.3. The minimum atomic E-state index is -1.18. The van der Waals surface area contributed by atoms with Crippen molar-refractivity contribution in [3.05, 3.63) is 60.2 Å².